The third kappa shape index (κ3) is 7.81. The minimum atomic E-state index is -1.43. The Hall–Kier alpha value is -5.44. The number of hydrogen-bond acceptors (Lipinski definition) is 12. The van der Waals surface area contributed by atoms with Crippen LogP contribution in [0.5, 0.6) is 28.7 Å². The van der Waals surface area contributed by atoms with Gasteiger partial charge in [0, 0.05) is 49.8 Å². The molecule has 3 aromatic rings. The molecule has 14 heteroatoms. The van der Waals surface area contributed by atoms with Crippen molar-refractivity contribution in [3.8, 4) is 28.7 Å². The number of nitrogens with zero attached hydrogens (tertiary/aromatic N) is 3. The topological polar surface area (TPSA) is 172 Å². The molecule has 1 fully saturated rings. The van der Waals surface area contributed by atoms with Crippen molar-refractivity contribution in [2.75, 3.05) is 40.8 Å². The van der Waals surface area contributed by atoms with Crippen LogP contribution >= 0.6 is 0 Å². The minimum absolute atomic E-state index is 0.00354. The van der Waals surface area contributed by atoms with Gasteiger partial charge in [-0.3, -0.25) is 14.9 Å². The van der Waals surface area contributed by atoms with Crippen LogP contribution in [0.25, 0.3) is 0 Å². The van der Waals surface area contributed by atoms with E-state index in [1.807, 2.05) is 12.1 Å². The van der Waals surface area contributed by atoms with Crippen LogP contribution in [-0.4, -0.2) is 84.3 Å². The Kier molecular flexibility index (Phi) is 12.1. The molecule has 0 spiro atoms. The van der Waals surface area contributed by atoms with E-state index in [-0.39, 0.29) is 62.4 Å². The number of fused-ring (bicyclic) bond motifs is 3. The maximum Gasteiger partial charge on any atom is 0.273 e. The Balaban J connectivity index is 1.40. The lowest BCUT2D eigenvalue weighted by Gasteiger charge is -2.59. The van der Waals surface area contributed by atoms with Gasteiger partial charge in [0.15, 0.2) is 11.5 Å². The molecule has 6 atom stereocenters. The second-order valence-electron chi connectivity index (χ2n) is 14.8. The number of amides is 1. The Morgan fingerprint density at radius 1 is 1.02 bits per heavy atom. The summed E-state index contributed by atoms with van der Waals surface area (Å²) in [7, 11) is 3.24. The van der Waals surface area contributed by atoms with Gasteiger partial charge in [0.2, 0.25) is 12.6 Å². The fourth-order valence-electron chi connectivity index (χ4n) is 9.07. The molecule has 57 heavy (non-hydrogen) atoms. The lowest BCUT2D eigenvalue weighted by atomic mass is 9.55. The van der Waals surface area contributed by atoms with E-state index in [2.05, 4.69) is 17.8 Å². The maximum atomic E-state index is 14.5. The molecule has 2 N–H and O–H groups in total. The number of aliphatic hydroxyl groups is 2. The van der Waals surface area contributed by atoms with Crippen LogP contribution in [0.4, 0.5) is 5.69 Å². The molecule has 0 saturated heterocycles. The van der Waals surface area contributed by atoms with Crippen LogP contribution in [0.1, 0.15) is 66.8 Å². The molecule has 1 saturated carbocycles. The molecule has 0 radical (unpaired) electrons. The molecule has 2 aliphatic carbocycles. The van der Waals surface area contributed by atoms with Crippen LogP contribution < -0.4 is 18.9 Å². The van der Waals surface area contributed by atoms with Crippen LogP contribution in [0.2, 0.25) is 0 Å². The standard InChI is InChI=1S/C43H49N3O11/c1-4-20-55-43-39(45(2)42(49)28-14-16-37-38(22-28)54-26-53-37)25-35(44-52-3)33-21-27(10-5-7-18-47)32(13-6-8-19-48)40(41(33)43)34-24-31(15-17-36(34)57-43)56-30-12-9-11-29(23-30)46(50)51/h4,9,11-12,14-17,21-24,27,32,39-41,47-48H,1,5-8,10,13,18-20,25-26H2,2-3H3/t27-,32+,39-,40+,41+,43+/m0/s1. The number of benzene rings is 3. The molecular formula is C43H49N3O11. The quantitative estimate of drug-likeness (QED) is 0.0617. The first kappa shape index (κ1) is 39.8. The van der Waals surface area contributed by atoms with Gasteiger partial charge in [0.1, 0.15) is 30.4 Å². The number of allylic oxidation sites excluding steroid dienone is 1. The predicted molar refractivity (Wildman–Crippen MR) is 210 cm³/mol. The zero-order valence-electron chi connectivity index (χ0n) is 32.2. The number of unbranched alkanes of at least 4 members (excludes halogenated alkanes) is 2. The third-order valence-electron chi connectivity index (χ3n) is 11.5. The average molecular weight is 784 g/mol. The number of rotatable bonds is 17. The van der Waals surface area contributed by atoms with Gasteiger partial charge >= 0.3 is 0 Å². The van der Waals surface area contributed by atoms with Crippen molar-refractivity contribution in [2.24, 2.45) is 22.9 Å². The van der Waals surface area contributed by atoms with E-state index in [1.165, 1.54) is 19.2 Å². The minimum Gasteiger partial charge on any atom is -0.459 e. The second kappa shape index (κ2) is 17.4. The molecular weight excluding hydrogens is 734 g/mol. The van der Waals surface area contributed by atoms with Crippen molar-refractivity contribution in [3.05, 3.63) is 106 Å². The summed E-state index contributed by atoms with van der Waals surface area (Å²) >= 11 is 0. The van der Waals surface area contributed by atoms with E-state index in [0.29, 0.717) is 52.9 Å². The van der Waals surface area contributed by atoms with Gasteiger partial charge < -0.3 is 43.6 Å². The fourth-order valence-corrected chi connectivity index (χ4v) is 9.07. The van der Waals surface area contributed by atoms with Crippen LogP contribution in [0.15, 0.2) is 90.1 Å². The Bertz CT molecular complexity index is 2030. The van der Waals surface area contributed by atoms with Gasteiger partial charge in [-0.2, -0.15) is 0 Å². The van der Waals surface area contributed by atoms with E-state index < -0.39 is 22.7 Å². The SMILES string of the molecule is C=CCO[C@@]12Oc3ccc(Oc4cccc([N+](=O)[O-])c4)cc3[C@H]3[C@H](CCCCO)[C@@H](CCCCO)C=C(C(=NOC)C[C@@H]1N(C)C(=O)c1ccc4c(c1)OCO4)[C@H]32. The van der Waals surface area contributed by atoms with Crippen molar-refractivity contribution in [2.45, 2.75) is 62.7 Å². The number of likely N-dealkylation sites (N-methyl/N-ethyl adjacent to an activating group) is 1. The molecule has 302 valence electrons. The largest absolute Gasteiger partial charge is 0.459 e. The number of nitro groups is 1. The number of oxime groups is 1. The first-order valence-electron chi connectivity index (χ1n) is 19.4. The summed E-state index contributed by atoms with van der Waals surface area (Å²) in [4.78, 5) is 32.8. The monoisotopic (exact) mass is 783 g/mol. The molecule has 0 unspecified atom stereocenters. The van der Waals surface area contributed by atoms with Gasteiger partial charge in [0.25, 0.3) is 11.6 Å². The molecule has 2 aliphatic heterocycles. The lowest BCUT2D eigenvalue weighted by Crippen LogP contribution is -2.69. The maximum absolute atomic E-state index is 14.5. The van der Waals surface area contributed by atoms with E-state index in [4.69, 9.17) is 28.5 Å². The number of hydrogen-bond donors (Lipinski definition) is 2. The number of carbonyl (C=O) groups excluding carboxylic acids is 1. The molecule has 3 aromatic carbocycles. The molecule has 7 rings (SSSR count). The van der Waals surface area contributed by atoms with Crippen LogP contribution in [-0.2, 0) is 9.57 Å². The zero-order valence-corrected chi connectivity index (χ0v) is 32.2. The first-order chi connectivity index (χ1) is 27.7. The number of nitro benzene ring substituents is 1. The number of carbonyl (C=O) groups is 1. The van der Waals surface area contributed by atoms with Crippen LogP contribution in [0, 0.1) is 27.9 Å². The summed E-state index contributed by atoms with van der Waals surface area (Å²) in [6.07, 6.45) is 8.55. The second-order valence-corrected chi connectivity index (χ2v) is 14.8. The molecule has 0 aromatic heterocycles. The summed E-state index contributed by atoms with van der Waals surface area (Å²) in [6, 6.07) is 15.9. The van der Waals surface area contributed by atoms with Gasteiger partial charge in [-0.15, -0.1) is 6.58 Å². The fraction of sp³-hybridized carbons (Fsp3) is 0.442. The van der Waals surface area contributed by atoms with Crippen molar-refractivity contribution in [1.82, 2.24) is 4.90 Å². The molecule has 14 nitrogen and oxygen atoms in total. The van der Waals surface area contributed by atoms with Crippen molar-refractivity contribution >= 4 is 17.3 Å². The predicted octanol–water partition coefficient (Wildman–Crippen LogP) is 7.15. The van der Waals surface area contributed by atoms with E-state index in [9.17, 15) is 25.1 Å². The summed E-state index contributed by atoms with van der Waals surface area (Å²) < 4.78 is 31.5. The number of non-ortho nitro benzene ring substituents is 1. The average Bonchev–Trinajstić information content (AvgIpc) is 3.70. The lowest BCUT2D eigenvalue weighted by molar-refractivity contribution is -0.384. The number of aliphatic hydroxyl groups excluding tert-OH is 2. The van der Waals surface area contributed by atoms with Crippen molar-refractivity contribution < 1.29 is 48.5 Å². The smallest absolute Gasteiger partial charge is 0.273 e. The normalized spacial score (nSPS) is 24.7. The van der Waals surface area contributed by atoms with E-state index >= 15 is 0 Å². The molecule has 0 bridgehead atoms. The number of ether oxygens (including phenoxy) is 5. The Morgan fingerprint density at radius 2 is 1.77 bits per heavy atom. The zero-order chi connectivity index (χ0) is 40.1. The molecule has 4 aliphatic rings. The third-order valence-corrected chi connectivity index (χ3v) is 11.5. The van der Waals surface area contributed by atoms with Gasteiger partial charge in [-0.05, 0) is 85.6 Å². The highest BCUT2D eigenvalue weighted by Crippen LogP contribution is 2.62. The Morgan fingerprint density at radius 3 is 2.53 bits per heavy atom. The van der Waals surface area contributed by atoms with Gasteiger partial charge in [-0.1, -0.05) is 36.2 Å². The van der Waals surface area contributed by atoms with Crippen molar-refractivity contribution in [3.63, 3.8) is 0 Å². The van der Waals surface area contributed by atoms with E-state index in [0.717, 1.165) is 36.8 Å². The highest BCUT2D eigenvalue weighted by Gasteiger charge is 2.65. The van der Waals surface area contributed by atoms with Gasteiger partial charge in [0.05, 0.1) is 29.2 Å². The van der Waals surface area contributed by atoms with E-state index in [1.54, 1.807) is 54.4 Å². The highest BCUT2D eigenvalue weighted by molar-refractivity contribution is 6.03. The van der Waals surface area contributed by atoms with Crippen LogP contribution in [0.3, 0.4) is 0 Å². The first-order valence-corrected chi connectivity index (χ1v) is 19.4. The molecule has 2 heterocycles. The highest BCUT2D eigenvalue weighted by atomic mass is 16.7. The summed E-state index contributed by atoms with van der Waals surface area (Å²) in [5.74, 6) is -0.0747. The molecule has 1 amide bonds. The summed E-state index contributed by atoms with van der Waals surface area (Å²) in [5.41, 5.74) is 2.73. The van der Waals surface area contributed by atoms with Gasteiger partial charge in [-0.25, -0.2) is 0 Å². The van der Waals surface area contributed by atoms with Crippen molar-refractivity contribution in [1.29, 1.82) is 0 Å². The summed E-state index contributed by atoms with van der Waals surface area (Å²) in [6.45, 7) is 4.30. The Labute approximate surface area is 331 Å². The summed E-state index contributed by atoms with van der Waals surface area (Å²) in [5, 5.41) is 35.8.